The number of hydrogen-bond acceptors (Lipinski definition) is 12. The number of carbonyl (C=O) groups excluding carboxylic acids is 6. The molecule has 3 saturated heterocycles. The molecule has 3 aliphatic heterocycles. The topological polar surface area (TPSA) is 182 Å². The van der Waals surface area contributed by atoms with Gasteiger partial charge in [0.1, 0.15) is 28.6 Å². The zero-order chi connectivity index (χ0) is 44.8. The molecule has 7 rings (SSSR count). The Morgan fingerprint density at radius 2 is 1.59 bits per heavy atom. The Bertz CT molecular complexity index is 1870. The maximum atomic E-state index is 14.9. The molecule has 2 N–H and O–H groups in total. The standard InChI is InChI=1S/C44H66BN5O11/c1-12-49-20-21-50(38(54)37(49)53)40(56)47-34(26-16-18-48(19-17-26)25-33(51)58-41(2,3)4)36(52)46-32(45-60-31-24-28-23-30(43(28,8)9)44(31,10)61-45)22-27-14-13-15-29(35(27)57-11)39(55)59-42(5,6)7/h13-15,26,28,30-32,34H,12,16-25H2,1-11H3,(H,46,52)(H,47,56)/t28-,30-,31+,32?,34?,44-/m0/s1. The van der Waals surface area contributed by atoms with Crippen LogP contribution >= 0.6 is 0 Å². The average Bonchev–Trinajstić information content (AvgIpc) is 3.53. The Labute approximate surface area is 360 Å². The molecule has 0 spiro atoms. The predicted molar refractivity (Wildman–Crippen MR) is 225 cm³/mol. The minimum Gasteiger partial charge on any atom is -0.496 e. The second kappa shape index (κ2) is 17.5. The summed E-state index contributed by atoms with van der Waals surface area (Å²) < 4.78 is 30.8. The quantitative estimate of drug-likeness (QED) is 0.177. The molecule has 6 atom stereocenters. The molecule has 3 heterocycles. The summed E-state index contributed by atoms with van der Waals surface area (Å²) in [5.41, 5.74) is -1.13. The van der Waals surface area contributed by atoms with E-state index in [2.05, 4.69) is 31.4 Å². The number of amides is 5. The number of piperidine rings is 1. The number of benzene rings is 1. The first-order valence-electron chi connectivity index (χ1n) is 21.8. The molecule has 1 aromatic rings. The second-order valence-corrected chi connectivity index (χ2v) is 20.1. The Kier molecular flexibility index (Phi) is 13.3. The van der Waals surface area contributed by atoms with Gasteiger partial charge in [-0.15, -0.1) is 0 Å². The molecule has 17 heteroatoms. The fourth-order valence-electron chi connectivity index (χ4n) is 10.1. The van der Waals surface area contributed by atoms with Gasteiger partial charge in [-0.3, -0.25) is 29.0 Å². The van der Waals surface area contributed by atoms with Crippen molar-refractivity contribution in [1.82, 2.24) is 25.3 Å². The number of likely N-dealkylation sites (tertiary alicyclic amines) is 1. The highest BCUT2D eigenvalue weighted by molar-refractivity contribution is 6.48. The van der Waals surface area contributed by atoms with E-state index in [1.54, 1.807) is 39.8 Å². The highest BCUT2D eigenvalue weighted by atomic mass is 16.7. The van der Waals surface area contributed by atoms with Gasteiger partial charge in [0.2, 0.25) is 5.91 Å². The van der Waals surface area contributed by atoms with Crippen molar-refractivity contribution in [3.63, 3.8) is 0 Å². The number of para-hydroxylation sites is 1. The highest BCUT2D eigenvalue weighted by Gasteiger charge is 2.68. The van der Waals surface area contributed by atoms with E-state index >= 15 is 0 Å². The van der Waals surface area contributed by atoms with Crippen molar-refractivity contribution in [2.75, 3.05) is 46.4 Å². The van der Waals surface area contributed by atoms with Crippen LogP contribution in [0.1, 0.15) is 111 Å². The Hall–Kier alpha value is -4.22. The summed E-state index contributed by atoms with van der Waals surface area (Å²) in [6.45, 7) is 20.6. The zero-order valence-corrected chi connectivity index (χ0v) is 37.9. The number of urea groups is 1. The summed E-state index contributed by atoms with van der Waals surface area (Å²) >= 11 is 0. The van der Waals surface area contributed by atoms with E-state index in [0.717, 1.165) is 17.7 Å². The largest absolute Gasteiger partial charge is 0.496 e. The van der Waals surface area contributed by atoms with Gasteiger partial charge in [-0.25, -0.2) is 9.59 Å². The summed E-state index contributed by atoms with van der Waals surface area (Å²) in [6, 6.07) is 3.18. The lowest BCUT2D eigenvalue weighted by Crippen LogP contribution is -2.65. The van der Waals surface area contributed by atoms with Crippen LogP contribution in [0.3, 0.4) is 0 Å². The lowest BCUT2D eigenvalue weighted by atomic mass is 9.43. The minimum absolute atomic E-state index is 0.0223. The van der Waals surface area contributed by atoms with Gasteiger partial charge in [-0.05, 0) is 135 Å². The first kappa shape index (κ1) is 46.3. The number of piperazine rings is 1. The van der Waals surface area contributed by atoms with Crippen molar-refractivity contribution in [1.29, 1.82) is 0 Å². The van der Waals surface area contributed by atoms with E-state index < -0.39 is 71.5 Å². The molecule has 2 bridgehead atoms. The van der Waals surface area contributed by atoms with Crippen LogP contribution in [0, 0.1) is 23.2 Å². The van der Waals surface area contributed by atoms with Gasteiger partial charge >= 0.3 is 36.9 Å². The molecule has 5 amide bonds. The molecule has 3 saturated carbocycles. The molecule has 61 heavy (non-hydrogen) atoms. The molecule has 336 valence electrons. The fraction of sp³-hybridized carbons (Fsp3) is 0.727. The van der Waals surface area contributed by atoms with Gasteiger partial charge in [-0.2, -0.15) is 0 Å². The van der Waals surface area contributed by atoms with Crippen LogP contribution in [0.15, 0.2) is 18.2 Å². The summed E-state index contributed by atoms with van der Waals surface area (Å²) in [6.07, 6.45) is 2.61. The third-order valence-corrected chi connectivity index (χ3v) is 13.4. The lowest BCUT2D eigenvalue weighted by Gasteiger charge is -2.64. The summed E-state index contributed by atoms with van der Waals surface area (Å²) in [7, 11) is 0.568. The monoisotopic (exact) mass is 851 g/mol. The summed E-state index contributed by atoms with van der Waals surface area (Å²) in [5.74, 6) is -3.43. The molecule has 6 aliphatic rings. The highest BCUT2D eigenvalue weighted by Crippen LogP contribution is 2.65. The van der Waals surface area contributed by atoms with E-state index in [1.165, 1.54) is 12.0 Å². The number of imide groups is 1. The maximum absolute atomic E-state index is 14.9. The molecule has 2 unspecified atom stereocenters. The van der Waals surface area contributed by atoms with Gasteiger partial charge in [0.05, 0.1) is 31.3 Å². The Morgan fingerprint density at radius 3 is 2.20 bits per heavy atom. The van der Waals surface area contributed by atoms with Crippen LogP contribution in [0.5, 0.6) is 5.75 Å². The third kappa shape index (κ3) is 9.88. The molecular formula is C44H66BN5O11. The predicted octanol–water partition coefficient (Wildman–Crippen LogP) is 3.77. The normalized spacial score (nSPS) is 26.5. The summed E-state index contributed by atoms with van der Waals surface area (Å²) in [5, 5.41) is 6.03. The van der Waals surface area contributed by atoms with E-state index in [-0.39, 0.29) is 60.8 Å². The smallest absolute Gasteiger partial charge is 0.482 e. The van der Waals surface area contributed by atoms with Gasteiger partial charge in [0.15, 0.2) is 0 Å². The third-order valence-electron chi connectivity index (χ3n) is 13.4. The number of esters is 2. The van der Waals surface area contributed by atoms with Gasteiger partial charge < -0.3 is 39.1 Å². The Morgan fingerprint density at radius 1 is 0.918 bits per heavy atom. The second-order valence-electron chi connectivity index (χ2n) is 20.1. The SMILES string of the molecule is CCN1CCN(C(=O)NC(C(=O)NC(Cc2cccc(C(=O)OC(C)(C)C)c2OC)B2O[C@@H]3C[C@@H]4C[C@@H](C4(C)C)[C@]3(C)O2)C2CCN(CC(=O)OC(C)(C)C)CC2)C(=O)C1=O. The number of nitrogens with zero attached hydrogens (tertiary/aromatic N) is 3. The lowest BCUT2D eigenvalue weighted by molar-refractivity contribution is -0.199. The molecule has 0 radical (unpaired) electrons. The van der Waals surface area contributed by atoms with Gasteiger partial charge in [0, 0.05) is 19.6 Å². The van der Waals surface area contributed by atoms with E-state index in [0.29, 0.717) is 44.0 Å². The van der Waals surface area contributed by atoms with Crippen LogP contribution in [0.25, 0.3) is 0 Å². The van der Waals surface area contributed by atoms with Crippen molar-refractivity contribution in [3.05, 3.63) is 29.3 Å². The maximum Gasteiger partial charge on any atom is 0.482 e. The van der Waals surface area contributed by atoms with Crippen LogP contribution < -0.4 is 15.4 Å². The van der Waals surface area contributed by atoms with Crippen molar-refractivity contribution in [2.24, 2.45) is 23.2 Å². The van der Waals surface area contributed by atoms with Crippen LogP contribution in [-0.2, 0) is 44.4 Å². The molecule has 3 aliphatic carbocycles. The molecule has 6 fully saturated rings. The van der Waals surface area contributed by atoms with E-state index in [9.17, 15) is 28.8 Å². The van der Waals surface area contributed by atoms with Crippen LogP contribution in [-0.4, -0.2) is 139 Å². The van der Waals surface area contributed by atoms with Crippen molar-refractivity contribution in [2.45, 2.75) is 136 Å². The van der Waals surface area contributed by atoms with Gasteiger partial charge in [-0.1, -0.05) is 26.0 Å². The van der Waals surface area contributed by atoms with Crippen molar-refractivity contribution in [3.8, 4) is 5.75 Å². The van der Waals surface area contributed by atoms with Crippen molar-refractivity contribution < 1.29 is 52.3 Å². The molecule has 16 nitrogen and oxygen atoms in total. The number of carbonyl (C=O) groups is 6. The minimum atomic E-state index is -1.15. The van der Waals surface area contributed by atoms with Crippen molar-refractivity contribution >= 4 is 42.8 Å². The first-order chi connectivity index (χ1) is 28.4. The summed E-state index contributed by atoms with van der Waals surface area (Å²) in [4.78, 5) is 85.1. The number of likely N-dealkylation sites (N-methyl/N-ethyl adjacent to an activating group) is 1. The van der Waals surface area contributed by atoms with Gasteiger partial charge in [0.25, 0.3) is 0 Å². The number of methoxy groups -OCH3 is 1. The molecule has 0 aromatic heterocycles. The van der Waals surface area contributed by atoms with E-state index in [1.807, 2.05) is 31.7 Å². The Balaban J connectivity index is 1.30. The molecule has 1 aromatic carbocycles. The number of ether oxygens (including phenoxy) is 3. The van der Waals surface area contributed by atoms with E-state index in [4.69, 9.17) is 23.5 Å². The van der Waals surface area contributed by atoms with Crippen LogP contribution in [0.2, 0.25) is 0 Å². The average molecular weight is 852 g/mol. The molecular weight excluding hydrogens is 785 g/mol. The van der Waals surface area contributed by atoms with Crippen LogP contribution in [0.4, 0.5) is 4.79 Å². The fourth-order valence-corrected chi connectivity index (χ4v) is 10.1. The number of hydrogen-bond donors (Lipinski definition) is 2. The number of nitrogens with one attached hydrogen (secondary N) is 2. The zero-order valence-electron chi connectivity index (χ0n) is 37.9. The number of rotatable bonds is 12. The first-order valence-corrected chi connectivity index (χ1v) is 21.8.